The summed E-state index contributed by atoms with van der Waals surface area (Å²) in [6.45, 7) is 3.64. The molecule has 0 N–H and O–H groups in total. The molecule has 0 heterocycles. The Kier molecular flexibility index (Phi) is 2.99. The Balaban J connectivity index is 3.51. The zero-order chi connectivity index (χ0) is 10.6. The molecule has 67 valence electrons. The van der Waals surface area contributed by atoms with Gasteiger partial charge in [-0.1, -0.05) is 0 Å². The van der Waals surface area contributed by atoms with Gasteiger partial charge >= 0.3 is 0 Å². The summed E-state index contributed by atoms with van der Waals surface area (Å²) in [5.41, 5.74) is 1.64. The molecule has 0 atom stereocenters. The van der Waals surface area contributed by atoms with E-state index in [9.17, 15) is 4.79 Å². The molecular formula is C11H7N2O. The van der Waals surface area contributed by atoms with Crippen molar-refractivity contribution in [2.45, 2.75) is 6.42 Å². The number of carbonyl (C=O) groups excluding carboxylic acids is 1. The number of nitriles is 2. The minimum absolute atomic E-state index is 0.343. The molecule has 1 aromatic rings. The second-order valence-corrected chi connectivity index (χ2v) is 2.69. The van der Waals surface area contributed by atoms with Crippen LogP contribution in [0.4, 0.5) is 0 Å². The Hall–Kier alpha value is -2.13. The maximum absolute atomic E-state index is 10.5. The monoisotopic (exact) mass is 183 g/mol. The van der Waals surface area contributed by atoms with Gasteiger partial charge in [0, 0.05) is 5.56 Å². The SMILES string of the molecule is [CH2]Cc1c(C#N)cc(C=O)cc1C#N. The van der Waals surface area contributed by atoms with Gasteiger partial charge in [-0.2, -0.15) is 10.5 Å². The minimum Gasteiger partial charge on any atom is -0.298 e. The summed E-state index contributed by atoms with van der Waals surface area (Å²) in [5, 5.41) is 17.6. The van der Waals surface area contributed by atoms with Gasteiger partial charge in [-0.3, -0.25) is 4.79 Å². The van der Waals surface area contributed by atoms with Gasteiger partial charge in [0.2, 0.25) is 0 Å². The summed E-state index contributed by atoms with van der Waals surface area (Å²) in [6.07, 6.45) is 0.986. The van der Waals surface area contributed by atoms with Crippen molar-refractivity contribution in [1.82, 2.24) is 0 Å². The van der Waals surface area contributed by atoms with Crippen LogP contribution in [0.3, 0.4) is 0 Å². The number of hydrogen-bond acceptors (Lipinski definition) is 3. The molecule has 0 spiro atoms. The van der Waals surface area contributed by atoms with Gasteiger partial charge in [0.1, 0.15) is 6.29 Å². The molecule has 0 amide bonds. The van der Waals surface area contributed by atoms with E-state index < -0.39 is 0 Å². The highest BCUT2D eigenvalue weighted by Gasteiger charge is 2.08. The van der Waals surface area contributed by atoms with Crippen molar-refractivity contribution < 1.29 is 4.79 Å². The van der Waals surface area contributed by atoms with Crippen LogP contribution in [0, 0.1) is 29.6 Å². The van der Waals surface area contributed by atoms with Crippen LogP contribution >= 0.6 is 0 Å². The summed E-state index contributed by atoms with van der Waals surface area (Å²) >= 11 is 0. The Morgan fingerprint density at radius 2 is 1.79 bits per heavy atom. The Bertz CT molecular complexity index is 414. The van der Waals surface area contributed by atoms with Crippen LogP contribution in [0.5, 0.6) is 0 Å². The highest BCUT2D eigenvalue weighted by Crippen LogP contribution is 2.16. The summed E-state index contributed by atoms with van der Waals surface area (Å²) in [6, 6.07) is 6.83. The minimum atomic E-state index is 0.343. The lowest BCUT2D eigenvalue weighted by molar-refractivity contribution is 0.112. The largest absolute Gasteiger partial charge is 0.298 e. The lowest BCUT2D eigenvalue weighted by Gasteiger charge is -2.03. The highest BCUT2D eigenvalue weighted by molar-refractivity contribution is 5.77. The van der Waals surface area contributed by atoms with Crippen molar-refractivity contribution in [1.29, 1.82) is 10.5 Å². The maximum Gasteiger partial charge on any atom is 0.150 e. The van der Waals surface area contributed by atoms with Gasteiger partial charge in [0.15, 0.2) is 0 Å². The zero-order valence-corrected chi connectivity index (χ0v) is 7.45. The van der Waals surface area contributed by atoms with Gasteiger partial charge in [0.25, 0.3) is 0 Å². The first-order valence-electron chi connectivity index (χ1n) is 3.98. The molecule has 1 rings (SSSR count). The van der Waals surface area contributed by atoms with Crippen molar-refractivity contribution in [2.75, 3.05) is 0 Å². The second-order valence-electron chi connectivity index (χ2n) is 2.69. The molecule has 0 saturated heterocycles. The number of rotatable bonds is 2. The van der Waals surface area contributed by atoms with E-state index in [1.54, 1.807) is 0 Å². The van der Waals surface area contributed by atoms with Crippen LogP contribution in [-0.4, -0.2) is 6.29 Å². The first-order chi connectivity index (χ1) is 6.76. The second kappa shape index (κ2) is 4.20. The molecule has 0 bridgehead atoms. The number of nitrogens with zero attached hydrogens (tertiary/aromatic N) is 2. The number of benzene rings is 1. The van der Waals surface area contributed by atoms with Crippen LogP contribution in [0.2, 0.25) is 0 Å². The number of aldehydes is 1. The molecule has 0 aromatic heterocycles. The van der Waals surface area contributed by atoms with E-state index in [1.807, 2.05) is 12.1 Å². The molecule has 0 saturated carbocycles. The molecule has 0 aliphatic heterocycles. The van der Waals surface area contributed by atoms with Crippen LogP contribution in [0.25, 0.3) is 0 Å². The standard InChI is InChI=1S/C11H7N2O/c1-2-11-9(5-12)3-8(7-14)4-10(11)6-13/h3-4,7H,1-2H2. The lowest BCUT2D eigenvalue weighted by Crippen LogP contribution is -1.96. The average Bonchev–Trinajstić information content (AvgIpc) is 2.26. The van der Waals surface area contributed by atoms with E-state index in [0.29, 0.717) is 35.0 Å². The van der Waals surface area contributed by atoms with Gasteiger partial charge < -0.3 is 0 Å². The predicted molar refractivity (Wildman–Crippen MR) is 50.3 cm³/mol. The van der Waals surface area contributed by atoms with E-state index in [2.05, 4.69) is 6.92 Å². The fraction of sp³-hybridized carbons (Fsp3) is 0.0909. The quantitative estimate of drug-likeness (QED) is 0.654. The molecule has 14 heavy (non-hydrogen) atoms. The van der Waals surface area contributed by atoms with Gasteiger partial charge in [-0.05, 0) is 31.0 Å². The smallest absolute Gasteiger partial charge is 0.150 e. The summed E-state index contributed by atoms with van der Waals surface area (Å²) in [4.78, 5) is 10.5. The Labute approximate surface area is 82.2 Å². The summed E-state index contributed by atoms with van der Waals surface area (Å²) in [5.74, 6) is 0. The molecule has 0 fully saturated rings. The molecule has 3 nitrogen and oxygen atoms in total. The van der Waals surface area contributed by atoms with Crippen LogP contribution < -0.4 is 0 Å². The van der Waals surface area contributed by atoms with Crippen LogP contribution in [0.15, 0.2) is 12.1 Å². The fourth-order valence-electron chi connectivity index (χ4n) is 1.23. The van der Waals surface area contributed by atoms with E-state index >= 15 is 0 Å². The molecule has 1 radical (unpaired) electrons. The topological polar surface area (TPSA) is 64.7 Å². The van der Waals surface area contributed by atoms with Crippen molar-refractivity contribution >= 4 is 6.29 Å². The van der Waals surface area contributed by atoms with E-state index in [-0.39, 0.29) is 0 Å². The molecule has 1 aromatic carbocycles. The normalized spacial score (nSPS) is 8.79. The van der Waals surface area contributed by atoms with Gasteiger partial charge in [-0.25, -0.2) is 0 Å². The van der Waals surface area contributed by atoms with E-state index in [1.165, 1.54) is 12.1 Å². The van der Waals surface area contributed by atoms with E-state index in [0.717, 1.165) is 0 Å². The molecule has 0 aliphatic rings. The van der Waals surface area contributed by atoms with Crippen molar-refractivity contribution in [3.05, 3.63) is 41.3 Å². The first kappa shape index (κ1) is 9.95. The Morgan fingerprint density at radius 1 is 1.29 bits per heavy atom. The molecular weight excluding hydrogens is 176 g/mol. The van der Waals surface area contributed by atoms with E-state index in [4.69, 9.17) is 10.5 Å². The number of carbonyl (C=O) groups is 1. The third kappa shape index (κ3) is 1.62. The highest BCUT2D eigenvalue weighted by atomic mass is 16.1. The number of hydrogen-bond donors (Lipinski definition) is 0. The van der Waals surface area contributed by atoms with Gasteiger partial charge in [-0.15, -0.1) is 0 Å². The van der Waals surface area contributed by atoms with Crippen LogP contribution in [0.1, 0.15) is 27.0 Å². The lowest BCUT2D eigenvalue weighted by atomic mass is 9.97. The average molecular weight is 183 g/mol. The third-order valence-corrected chi connectivity index (χ3v) is 1.90. The van der Waals surface area contributed by atoms with Crippen molar-refractivity contribution in [3.8, 4) is 12.1 Å². The first-order valence-corrected chi connectivity index (χ1v) is 3.98. The predicted octanol–water partition coefficient (Wildman–Crippen LogP) is 1.62. The maximum atomic E-state index is 10.5. The Morgan fingerprint density at radius 3 is 2.07 bits per heavy atom. The van der Waals surface area contributed by atoms with Crippen LogP contribution in [-0.2, 0) is 6.42 Å². The molecule has 0 aliphatic carbocycles. The zero-order valence-electron chi connectivity index (χ0n) is 7.45. The summed E-state index contributed by atoms with van der Waals surface area (Å²) in [7, 11) is 0. The van der Waals surface area contributed by atoms with Crippen molar-refractivity contribution in [3.63, 3.8) is 0 Å². The third-order valence-electron chi connectivity index (χ3n) is 1.90. The van der Waals surface area contributed by atoms with Crippen molar-refractivity contribution in [2.24, 2.45) is 0 Å². The van der Waals surface area contributed by atoms with Gasteiger partial charge in [0.05, 0.1) is 23.3 Å². The molecule has 0 unspecified atom stereocenters. The fourth-order valence-corrected chi connectivity index (χ4v) is 1.23. The summed E-state index contributed by atoms with van der Waals surface area (Å²) < 4.78 is 0. The molecule has 3 heteroatoms.